The van der Waals surface area contributed by atoms with Crippen LogP contribution in [0.25, 0.3) is 22.2 Å². The standard InChI is InChI=1S/C22H19FN4O2/c1-12-3-6-18-15(7-12)9-16(21(28)25-18)11-24-22(29)20-10-19(26-27-20)14-4-5-17(23)13(2)8-14/h3-10H,11H2,1-2H3,(H,24,29)(H,25,28)(H,26,27). The normalized spacial score (nSPS) is 11.0. The van der Waals surface area contributed by atoms with Gasteiger partial charge in [-0.25, -0.2) is 4.39 Å². The Morgan fingerprint density at radius 1 is 1.10 bits per heavy atom. The summed E-state index contributed by atoms with van der Waals surface area (Å²) < 4.78 is 13.4. The van der Waals surface area contributed by atoms with Crippen LogP contribution in [0.5, 0.6) is 0 Å². The molecule has 0 radical (unpaired) electrons. The number of hydrogen-bond acceptors (Lipinski definition) is 3. The number of nitrogens with zero attached hydrogens (tertiary/aromatic N) is 1. The summed E-state index contributed by atoms with van der Waals surface area (Å²) >= 11 is 0. The lowest BCUT2D eigenvalue weighted by Gasteiger charge is -2.06. The van der Waals surface area contributed by atoms with E-state index in [2.05, 4.69) is 20.5 Å². The molecule has 0 saturated carbocycles. The maximum atomic E-state index is 13.4. The van der Waals surface area contributed by atoms with Crippen molar-refractivity contribution >= 4 is 16.8 Å². The molecule has 146 valence electrons. The van der Waals surface area contributed by atoms with Crippen molar-refractivity contribution in [3.05, 3.63) is 87.1 Å². The van der Waals surface area contributed by atoms with Crippen LogP contribution in [0.2, 0.25) is 0 Å². The van der Waals surface area contributed by atoms with Crippen molar-refractivity contribution in [2.75, 3.05) is 0 Å². The molecule has 2 aromatic heterocycles. The molecular formula is C22H19FN4O2. The molecular weight excluding hydrogens is 371 g/mol. The quantitative estimate of drug-likeness (QED) is 0.497. The van der Waals surface area contributed by atoms with E-state index >= 15 is 0 Å². The molecule has 4 rings (SSSR count). The molecule has 0 aliphatic carbocycles. The van der Waals surface area contributed by atoms with Gasteiger partial charge >= 0.3 is 0 Å². The van der Waals surface area contributed by atoms with Gasteiger partial charge in [0.15, 0.2) is 0 Å². The van der Waals surface area contributed by atoms with Gasteiger partial charge in [-0.15, -0.1) is 0 Å². The number of H-pyrrole nitrogens is 2. The number of aromatic nitrogens is 3. The zero-order valence-electron chi connectivity index (χ0n) is 16.0. The molecule has 2 aromatic carbocycles. The minimum absolute atomic E-state index is 0.0854. The first-order chi connectivity index (χ1) is 13.9. The Morgan fingerprint density at radius 2 is 1.93 bits per heavy atom. The molecule has 6 nitrogen and oxygen atoms in total. The van der Waals surface area contributed by atoms with Crippen molar-refractivity contribution in [1.29, 1.82) is 0 Å². The second kappa shape index (κ2) is 7.35. The number of carbonyl (C=O) groups excluding carboxylic acids is 1. The Morgan fingerprint density at radius 3 is 2.72 bits per heavy atom. The molecule has 29 heavy (non-hydrogen) atoms. The minimum Gasteiger partial charge on any atom is -0.346 e. The maximum absolute atomic E-state index is 13.4. The Hall–Kier alpha value is -3.74. The molecule has 0 fully saturated rings. The van der Waals surface area contributed by atoms with Gasteiger partial charge in [-0.3, -0.25) is 14.7 Å². The number of rotatable bonds is 4. The average molecular weight is 390 g/mol. The van der Waals surface area contributed by atoms with E-state index in [1.54, 1.807) is 31.2 Å². The summed E-state index contributed by atoms with van der Waals surface area (Å²) in [6.07, 6.45) is 0. The van der Waals surface area contributed by atoms with Crippen LogP contribution < -0.4 is 10.9 Å². The number of carbonyl (C=O) groups is 1. The van der Waals surface area contributed by atoms with E-state index in [0.29, 0.717) is 22.4 Å². The van der Waals surface area contributed by atoms with E-state index < -0.39 is 0 Å². The molecule has 3 N–H and O–H groups in total. The largest absolute Gasteiger partial charge is 0.346 e. The first-order valence-corrected chi connectivity index (χ1v) is 9.13. The van der Waals surface area contributed by atoms with Gasteiger partial charge in [-0.2, -0.15) is 5.10 Å². The Labute approximate surface area is 165 Å². The highest BCUT2D eigenvalue weighted by molar-refractivity contribution is 5.93. The van der Waals surface area contributed by atoms with E-state index in [1.165, 1.54) is 6.07 Å². The molecule has 7 heteroatoms. The Balaban J connectivity index is 1.51. The summed E-state index contributed by atoms with van der Waals surface area (Å²) in [5.74, 6) is -0.677. The smallest absolute Gasteiger partial charge is 0.269 e. The summed E-state index contributed by atoms with van der Waals surface area (Å²) in [4.78, 5) is 27.5. The zero-order valence-corrected chi connectivity index (χ0v) is 16.0. The van der Waals surface area contributed by atoms with Crippen LogP contribution in [0.4, 0.5) is 4.39 Å². The summed E-state index contributed by atoms with van der Waals surface area (Å²) in [6.45, 7) is 3.73. The lowest BCUT2D eigenvalue weighted by atomic mass is 10.1. The Kier molecular flexibility index (Phi) is 4.72. The van der Waals surface area contributed by atoms with Crippen LogP contribution in [0, 0.1) is 19.7 Å². The van der Waals surface area contributed by atoms with E-state index in [-0.39, 0.29) is 29.5 Å². The van der Waals surface area contributed by atoms with Crippen molar-refractivity contribution in [3.63, 3.8) is 0 Å². The minimum atomic E-state index is -0.383. The fourth-order valence-electron chi connectivity index (χ4n) is 3.16. The third kappa shape index (κ3) is 3.80. The molecule has 0 spiro atoms. The lowest BCUT2D eigenvalue weighted by molar-refractivity contribution is 0.0946. The van der Waals surface area contributed by atoms with E-state index in [1.807, 2.05) is 25.1 Å². The summed E-state index contributed by atoms with van der Waals surface area (Å²) in [5, 5.41) is 10.4. The number of hydrogen-bond donors (Lipinski definition) is 3. The first kappa shape index (κ1) is 18.6. The van der Waals surface area contributed by atoms with Gasteiger partial charge in [0.2, 0.25) is 0 Å². The van der Waals surface area contributed by atoms with Crippen LogP contribution in [0.1, 0.15) is 27.2 Å². The van der Waals surface area contributed by atoms with E-state index in [9.17, 15) is 14.0 Å². The van der Waals surface area contributed by atoms with Gasteiger partial charge in [-0.05, 0) is 67.3 Å². The number of aromatic amines is 2. The molecule has 2 heterocycles. The third-order valence-corrected chi connectivity index (χ3v) is 4.79. The predicted molar refractivity (Wildman–Crippen MR) is 109 cm³/mol. The van der Waals surface area contributed by atoms with Crippen molar-refractivity contribution in [2.45, 2.75) is 20.4 Å². The first-order valence-electron chi connectivity index (χ1n) is 9.13. The molecule has 1 amide bonds. The lowest BCUT2D eigenvalue weighted by Crippen LogP contribution is -2.27. The van der Waals surface area contributed by atoms with E-state index in [0.717, 1.165) is 16.5 Å². The summed E-state index contributed by atoms with van der Waals surface area (Å²) in [7, 11) is 0. The SMILES string of the molecule is Cc1ccc2[nH]c(=O)c(CNC(=O)c3cc(-c4ccc(F)c(C)c4)n[nH]3)cc2c1. The molecule has 0 bridgehead atoms. The number of nitrogens with one attached hydrogen (secondary N) is 3. The fourth-order valence-corrected chi connectivity index (χ4v) is 3.16. The highest BCUT2D eigenvalue weighted by Gasteiger charge is 2.13. The van der Waals surface area contributed by atoms with Crippen LogP contribution in [-0.2, 0) is 6.54 Å². The van der Waals surface area contributed by atoms with Gasteiger partial charge in [0.05, 0.1) is 5.69 Å². The fraction of sp³-hybridized carbons (Fsp3) is 0.136. The van der Waals surface area contributed by atoms with Gasteiger partial charge in [0.25, 0.3) is 11.5 Å². The summed E-state index contributed by atoms with van der Waals surface area (Å²) in [5.41, 5.74) is 4.07. The van der Waals surface area contributed by atoms with Crippen molar-refractivity contribution in [2.24, 2.45) is 0 Å². The number of fused-ring (bicyclic) bond motifs is 1. The highest BCUT2D eigenvalue weighted by Crippen LogP contribution is 2.20. The monoisotopic (exact) mass is 390 g/mol. The second-order valence-corrected chi connectivity index (χ2v) is 7.03. The predicted octanol–water partition coefficient (Wildman–Crippen LogP) is 3.60. The topological polar surface area (TPSA) is 90.6 Å². The van der Waals surface area contributed by atoms with Crippen LogP contribution in [0.3, 0.4) is 0 Å². The molecule has 0 atom stereocenters. The molecule has 0 aliphatic heterocycles. The highest BCUT2D eigenvalue weighted by atomic mass is 19.1. The van der Waals surface area contributed by atoms with Crippen molar-refractivity contribution < 1.29 is 9.18 Å². The molecule has 4 aromatic rings. The van der Waals surface area contributed by atoms with Gasteiger partial charge < -0.3 is 10.3 Å². The second-order valence-electron chi connectivity index (χ2n) is 7.03. The zero-order chi connectivity index (χ0) is 20.5. The van der Waals surface area contributed by atoms with Crippen LogP contribution >= 0.6 is 0 Å². The number of amides is 1. The van der Waals surface area contributed by atoms with E-state index in [4.69, 9.17) is 0 Å². The van der Waals surface area contributed by atoms with Crippen molar-refractivity contribution in [1.82, 2.24) is 20.5 Å². The third-order valence-electron chi connectivity index (χ3n) is 4.79. The number of aryl methyl sites for hydroxylation is 2. The number of benzene rings is 2. The molecule has 0 unspecified atom stereocenters. The van der Waals surface area contributed by atoms with Crippen molar-refractivity contribution in [3.8, 4) is 11.3 Å². The van der Waals surface area contributed by atoms with Gasteiger partial charge in [0.1, 0.15) is 11.5 Å². The molecule has 0 aliphatic rings. The number of halogens is 1. The van der Waals surface area contributed by atoms with Crippen LogP contribution in [0.15, 0.2) is 53.3 Å². The molecule has 0 saturated heterocycles. The van der Waals surface area contributed by atoms with Crippen LogP contribution in [-0.4, -0.2) is 21.1 Å². The number of pyridine rings is 1. The Bertz CT molecular complexity index is 1290. The maximum Gasteiger partial charge on any atom is 0.269 e. The summed E-state index contributed by atoms with van der Waals surface area (Å²) in [6, 6.07) is 13.8. The average Bonchev–Trinajstić information content (AvgIpc) is 3.19. The van der Waals surface area contributed by atoms with Gasteiger partial charge in [0, 0.05) is 23.2 Å². The van der Waals surface area contributed by atoms with Gasteiger partial charge in [-0.1, -0.05) is 11.6 Å².